The van der Waals surface area contributed by atoms with Gasteiger partial charge in [-0.1, -0.05) is 24.4 Å². The minimum atomic E-state index is -3.63. The van der Waals surface area contributed by atoms with Gasteiger partial charge in [0.25, 0.3) is 5.91 Å². The van der Waals surface area contributed by atoms with E-state index in [1.54, 1.807) is 0 Å². The molecule has 7 nitrogen and oxygen atoms in total. The third-order valence-corrected chi connectivity index (χ3v) is 7.36. The van der Waals surface area contributed by atoms with E-state index in [-0.39, 0.29) is 21.2 Å². The Hall–Kier alpha value is -2.49. The molecule has 1 unspecified atom stereocenters. The quantitative estimate of drug-likeness (QED) is 0.622. The average molecular weight is 483 g/mol. The molecule has 1 aliphatic rings. The van der Waals surface area contributed by atoms with Crippen molar-refractivity contribution in [1.82, 2.24) is 4.31 Å². The summed E-state index contributed by atoms with van der Waals surface area (Å²) in [5, 5.41) is 2.48. The lowest BCUT2D eigenvalue weighted by atomic mass is 10.2. The Balaban J connectivity index is 1.63. The number of hydrogen-bond donors (Lipinski definition) is 1. The highest BCUT2D eigenvalue weighted by molar-refractivity contribution is 7.89. The second kappa shape index (κ2) is 10.4. The standard InChI is InChI=1S/C22H24ClFN2O5S/c1-15(21(27)25-20-11-8-17(24)14-19(20)23)31-22(28)16-6-9-18(10-7-16)32(29,30)26-12-4-2-3-5-13-26/h6-11,14-15H,2-5,12-13H2,1H3,(H,25,27). The lowest BCUT2D eigenvalue weighted by Crippen LogP contribution is -2.32. The first kappa shape index (κ1) is 24.2. The van der Waals surface area contributed by atoms with Crippen molar-refractivity contribution >= 4 is 39.2 Å². The number of hydrogen-bond acceptors (Lipinski definition) is 5. The summed E-state index contributed by atoms with van der Waals surface area (Å²) in [6.45, 7) is 2.34. The number of nitrogens with zero attached hydrogens (tertiary/aromatic N) is 1. The van der Waals surface area contributed by atoms with Crippen LogP contribution in [0.25, 0.3) is 0 Å². The largest absolute Gasteiger partial charge is 0.449 e. The maximum Gasteiger partial charge on any atom is 0.338 e. The van der Waals surface area contributed by atoms with Crippen molar-refractivity contribution in [1.29, 1.82) is 0 Å². The summed E-state index contributed by atoms with van der Waals surface area (Å²) in [5.74, 6) is -1.97. The second-order valence-corrected chi connectivity index (χ2v) is 9.85. The second-order valence-electron chi connectivity index (χ2n) is 7.50. The van der Waals surface area contributed by atoms with Crippen LogP contribution in [-0.2, 0) is 19.6 Å². The van der Waals surface area contributed by atoms with E-state index in [2.05, 4.69) is 5.32 Å². The van der Waals surface area contributed by atoms with Crippen molar-refractivity contribution in [2.75, 3.05) is 18.4 Å². The lowest BCUT2D eigenvalue weighted by Gasteiger charge is -2.20. The van der Waals surface area contributed by atoms with E-state index in [1.165, 1.54) is 41.6 Å². The van der Waals surface area contributed by atoms with E-state index in [9.17, 15) is 22.4 Å². The van der Waals surface area contributed by atoms with Gasteiger partial charge in [-0.2, -0.15) is 4.31 Å². The molecule has 3 rings (SSSR count). The predicted octanol–water partition coefficient (Wildman–Crippen LogP) is 4.23. The molecule has 1 N–H and O–H groups in total. The van der Waals surface area contributed by atoms with Gasteiger partial charge in [-0.05, 0) is 62.2 Å². The molecule has 0 radical (unpaired) electrons. The van der Waals surface area contributed by atoms with Crippen molar-refractivity contribution in [3.8, 4) is 0 Å². The molecule has 32 heavy (non-hydrogen) atoms. The number of amides is 1. The summed E-state index contributed by atoms with van der Waals surface area (Å²) in [5.41, 5.74) is 0.295. The fraction of sp³-hybridized carbons (Fsp3) is 0.364. The molecule has 1 amide bonds. The van der Waals surface area contributed by atoms with Crippen LogP contribution in [0, 0.1) is 5.82 Å². The van der Waals surface area contributed by atoms with Crippen LogP contribution in [0.5, 0.6) is 0 Å². The van der Waals surface area contributed by atoms with Gasteiger partial charge < -0.3 is 10.1 Å². The van der Waals surface area contributed by atoms with Gasteiger partial charge >= 0.3 is 5.97 Å². The fourth-order valence-corrected chi connectivity index (χ4v) is 5.03. The molecule has 1 aliphatic heterocycles. The van der Waals surface area contributed by atoms with E-state index >= 15 is 0 Å². The Morgan fingerprint density at radius 1 is 1.06 bits per heavy atom. The highest BCUT2D eigenvalue weighted by Crippen LogP contribution is 2.23. The van der Waals surface area contributed by atoms with Crippen molar-refractivity contribution in [2.24, 2.45) is 0 Å². The van der Waals surface area contributed by atoms with E-state index in [0.29, 0.717) is 13.1 Å². The molecule has 2 aromatic carbocycles. The van der Waals surface area contributed by atoms with Gasteiger partial charge in [-0.15, -0.1) is 0 Å². The SMILES string of the molecule is CC(OC(=O)c1ccc(S(=O)(=O)N2CCCCCC2)cc1)C(=O)Nc1ccc(F)cc1Cl. The number of ether oxygens (including phenoxy) is 1. The Morgan fingerprint density at radius 3 is 2.28 bits per heavy atom. The Labute approximate surface area is 191 Å². The molecule has 1 saturated heterocycles. The number of carbonyl (C=O) groups is 2. The van der Waals surface area contributed by atoms with Gasteiger partial charge in [0.15, 0.2) is 6.10 Å². The number of nitrogens with one attached hydrogen (secondary N) is 1. The molecule has 0 bridgehead atoms. The normalized spacial score (nSPS) is 16.1. The van der Waals surface area contributed by atoms with Gasteiger partial charge in [-0.25, -0.2) is 17.6 Å². The molecular formula is C22H24ClFN2O5S. The fourth-order valence-electron chi connectivity index (χ4n) is 3.30. The molecule has 0 aromatic heterocycles. The number of anilines is 1. The van der Waals surface area contributed by atoms with Crippen LogP contribution in [0.15, 0.2) is 47.4 Å². The number of esters is 1. The topological polar surface area (TPSA) is 92.8 Å². The monoisotopic (exact) mass is 482 g/mol. The lowest BCUT2D eigenvalue weighted by molar-refractivity contribution is -0.123. The average Bonchev–Trinajstić information content (AvgIpc) is 3.06. The first-order chi connectivity index (χ1) is 15.2. The van der Waals surface area contributed by atoms with E-state index < -0.39 is 33.8 Å². The van der Waals surface area contributed by atoms with E-state index in [1.807, 2.05) is 0 Å². The van der Waals surface area contributed by atoms with Crippen LogP contribution in [-0.4, -0.2) is 43.8 Å². The number of halogens is 2. The molecule has 0 aliphatic carbocycles. The highest BCUT2D eigenvalue weighted by atomic mass is 35.5. The van der Waals surface area contributed by atoms with Gasteiger partial charge in [0, 0.05) is 13.1 Å². The Kier molecular flexibility index (Phi) is 7.86. The maximum absolute atomic E-state index is 13.1. The predicted molar refractivity (Wildman–Crippen MR) is 119 cm³/mol. The number of sulfonamides is 1. The summed E-state index contributed by atoms with van der Waals surface area (Å²) in [7, 11) is -3.63. The third-order valence-electron chi connectivity index (χ3n) is 5.13. The zero-order chi connectivity index (χ0) is 23.3. The van der Waals surface area contributed by atoms with Crippen molar-refractivity contribution in [2.45, 2.75) is 43.6 Å². The first-order valence-corrected chi connectivity index (χ1v) is 12.1. The van der Waals surface area contributed by atoms with Crippen LogP contribution in [0.4, 0.5) is 10.1 Å². The molecule has 1 atom stereocenters. The summed E-state index contributed by atoms with van der Waals surface area (Å²) < 4.78 is 45.4. The van der Waals surface area contributed by atoms with E-state index in [0.717, 1.165) is 37.8 Å². The van der Waals surface area contributed by atoms with Gasteiger partial charge in [-0.3, -0.25) is 4.79 Å². The zero-order valence-corrected chi connectivity index (χ0v) is 19.1. The van der Waals surface area contributed by atoms with Crippen LogP contribution >= 0.6 is 11.6 Å². The van der Waals surface area contributed by atoms with Crippen LogP contribution in [0.3, 0.4) is 0 Å². The van der Waals surface area contributed by atoms with Gasteiger partial charge in [0.05, 0.1) is 21.2 Å². The smallest absolute Gasteiger partial charge is 0.338 e. The minimum Gasteiger partial charge on any atom is -0.449 e. The molecule has 172 valence electrons. The molecule has 10 heteroatoms. The number of rotatable bonds is 6. The molecule has 0 spiro atoms. The first-order valence-electron chi connectivity index (χ1n) is 10.3. The molecule has 1 heterocycles. The van der Waals surface area contributed by atoms with Crippen molar-refractivity contribution < 1.29 is 27.1 Å². The molecule has 0 saturated carbocycles. The molecule has 2 aromatic rings. The molecule has 1 fully saturated rings. The summed E-state index contributed by atoms with van der Waals surface area (Å²) in [4.78, 5) is 24.8. The number of benzene rings is 2. The van der Waals surface area contributed by atoms with Crippen LogP contribution in [0.1, 0.15) is 43.0 Å². The van der Waals surface area contributed by atoms with Crippen molar-refractivity contribution in [3.63, 3.8) is 0 Å². The zero-order valence-electron chi connectivity index (χ0n) is 17.5. The third kappa shape index (κ3) is 5.85. The summed E-state index contributed by atoms with van der Waals surface area (Å²) >= 11 is 5.88. The summed E-state index contributed by atoms with van der Waals surface area (Å²) in [6, 6.07) is 8.92. The van der Waals surface area contributed by atoms with E-state index in [4.69, 9.17) is 16.3 Å². The van der Waals surface area contributed by atoms with Gasteiger partial charge in [0.2, 0.25) is 10.0 Å². The highest BCUT2D eigenvalue weighted by Gasteiger charge is 2.26. The van der Waals surface area contributed by atoms with Crippen LogP contribution in [0.2, 0.25) is 5.02 Å². The summed E-state index contributed by atoms with van der Waals surface area (Å²) in [6.07, 6.45) is 2.51. The van der Waals surface area contributed by atoms with Gasteiger partial charge in [0.1, 0.15) is 5.82 Å². The number of carbonyl (C=O) groups excluding carboxylic acids is 2. The molecular weight excluding hydrogens is 459 g/mol. The maximum atomic E-state index is 13.1. The Morgan fingerprint density at radius 2 is 1.69 bits per heavy atom. The minimum absolute atomic E-state index is 0.0121. The van der Waals surface area contributed by atoms with Crippen LogP contribution < -0.4 is 5.32 Å². The Bertz CT molecular complexity index is 1080. The van der Waals surface area contributed by atoms with Crippen molar-refractivity contribution in [3.05, 3.63) is 58.9 Å².